The van der Waals surface area contributed by atoms with Gasteiger partial charge in [-0.2, -0.15) is 5.48 Å². The largest absolute Gasteiger partial charge is 0.461 e. The zero-order valence-corrected chi connectivity index (χ0v) is 18.1. The molecule has 2 aromatic carbocycles. The molecule has 1 amide bonds. The van der Waals surface area contributed by atoms with Crippen LogP contribution in [-0.4, -0.2) is 51.7 Å². The van der Waals surface area contributed by atoms with Crippen molar-refractivity contribution >= 4 is 29.6 Å². The average molecular weight is 455 g/mol. The molecule has 2 heterocycles. The maximum Gasteiger partial charge on any atom is 0.356 e. The van der Waals surface area contributed by atoms with E-state index in [4.69, 9.17) is 9.47 Å². The number of fused-ring (bicyclic) bond motifs is 1. The fourth-order valence-electron chi connectivity index (χ4n) is 3.70. The first-order valence-corrected chi connectivity index (χ1v) is 11.1. The van der Waals surface area contributed by atoms with Gasteiger partial charge in [0.05, 0.1) is 0 Å². The summed E-state index contributed by atoms with van der Waals surface area (Å²) < 4.78 is 11.1. The van der Waals surface area contributed by atoms with Gasteiger partial charge >= 0.3 is 11.9 Å². The summed E-state index contributed by atoms with van der Waals surface area (Å²) >= 11 is 1.37. The maximum atomic E-state index is 13.4. The molecule has 2 aromatic rings. The van der Waals surface area contributed by atoms with E-state index in [1.807, 2.05) is 66.1 Å². The molecule has 166 valence electrons. The van der Waals surface area contributed by atoms with Crippen molar-refractivity contribution in [2.45, 2.75) is 24.4 Å². The molecule has 8 nitrogen and oxygen atoms in total. The number of hydroxylamine groups is 1. The number of hydrogen-bond acceptors (Lipinski definition) is 8. The maximum absolute atomic E-state index is 13.4. The van der Waals surface area contributed by atoms with E-state index in [2.05, 4.69) is 0 Å². The van der Waals surface area contributed by atoms with Crippen molar-refractivity contribution in [2.24, 2.45) is 0 Å². The first kappa shape index (κ1) is 22.1. The lowest BCUT2D eigenvalue weighted by Crippen LogP contribution is -2.69. The molecule has 0 aromatic heterocycles. The highest BCUT2D eigenvalue weighted by Gasteiger charge is 2.54. The highest BCUT2D eigenvalue weighted by atomic mass is 32.2. The molecule has 0 saturated carbocycles. The Balaban J connectivity index is 1.68. The number of β-lactam (4-membered cyclic amide) rings is 1. The summed E-state index contributed by atoms with van der Waals surface area (Å²) in [6.45, 7) is 1.15. The van der Waals surface area contributed by atoms with E-state index >= 15 is 0 Å². The zero-order chi connectivity index (χ0) is 22.7. The molecule has 0 spiro atoms. The van der Waals surface area contributed by atoms with Crippen molar-refractivity contribution < 1.29 is 29.1 Å². The predicted octanol–water partition coefficient (Wildman–Crippen LogP) is 2.40. The molecule has 0 unspecified atom stereocenters. The van der Waals surface area contributed by atoms with Crippen molar-refractivity contribution in [3.63, 3.8) is 0 Å². The molecular weight excluding hydrogens is 432 g/mol. The predicted molar refractivity (Wildman–Crippen MR) is 116 cm³/mol. The molecule has 9 heteroatoms. The Bertz CT molecular complexity index is 1000. The summed E-state index contributed by atoms with van der Waals surface area (Å²) in [5.41, 5.74) is 4.09. The van der Waals surface area contributed by atoms with Gasteiger partial charge in [-0.05, 0) is 11.1 Å². The van der Waals surface area contributed by atoms with E-state index in [-0.39, 0.29) is 12.3 Å². The topological polar surface area (TPSA) is 105 Å². The van der Waals surface area contributed by atoms with E-state index in [9.17, 15) is 19.6 Å². The Morgan fingerprint density at radius 2 is 1.72 bits per heavy atom. The molecule has 2 atom stereocenters. The van der Waals surface area contributed by atoms with E-state index in [1.54, 1.807) is 0 Å². The number of hydrogen-bond donors (Lipinski definition) is 2. The quantitative estimate of drug-likeness (QED) is 0.373. The summed E-state index contributed by atoms with van der Waals surface area (Å²) in [6.07, 6.45) is -0.691. The minimum absolute atomic E-state index is 0.0587. The third-order valence-corrected chi connectivity index (χ3v) is 6.60. The lowest BCUT2D eigenvalue weighted by Gasteiger charge is -2.49. The normalized spacial score (nSPS) is 20.0. The number of benzene rings is 2. The number of thioether (sulfide) groups is 1. The monoisotopic (exact) mass is 454 g/mol. The second-order valence-electron chi connectivity index (χ2n) is 7.36. The summed E-state index contributed by atoms with van der Waals surface area (Å²) in [5, 5.41) is 8.84. The molecule has 4 rings (SSSR count). The van der Waals surface area contributed by atoms with Gasteiger partial charge in [-0.15, -0.1) is 11.8 Å². The molecule has 32 heavy (non-hydrogen) atoms. The van der Waals surface area contributed by atoms with Crippen LogP contribution in [0.4, 0.5) is 0 Å². The summed E-state index contributed by atoms with van der Waals surface area (Å²) in [5.74, 6) is -1.28. The molecule has 1 fully saturated rings. The first-order valence-electron chi connectivity index (χ1n) is 10.0. The Kier molecular flexibility index (Phi) is 6.59. The summed E-state index contributed by atoms with van der Waals surface area (Å²) in [6, 6.07) is 17.8. The van der Waals surface area contributed by atoms with Crippen LogP contribution in [0.3, 0.4) is 0 Å². The standard InChI is InChI=1S/C23H22N2O6S/c1-14(26)30-12-17-13-32-22-18(24-29)21(27)25(22)19(17)23(28)31-20(15-8-4-2-5-9-15)16-10-6-3-7-11-16/h2-11,18,20,22,24,29H,12-13H2,1H3/t18-,22+/m1/s1. The Morgan fingerprint density at radius 3 is 2.25 bits per heavy atom. The Labute approximate surface area is 189 Å². The fraction of sp³-hybridized carbons (Fsp3) is 0.261. The van der Waals surface area contributed by atoms with Crippen molar-refractivity contribution in [3.8, 4) is 0 Å². The van der Waals surface area contributed by atoms with Crippen LogP contribution in [0, 0.1) is 0 Å². The smallest absolute Gasteiger partial charge is 0.356 e. The minimum atomic E-state index is -0.808. The average Bonchev–Trinajstić information content (AvgIpc) is 2.81. The van der Waals surface area contributed by atoms with Crippen molar-refractivity contribution in [1.82, 2.24) is 10.4 Å². The molecule has 2 aliphatic heterocycles. The van der Waals surface area contributed by atoms with Crippen LogP contribution in [0.15, 0.2) is 71.9 Å². The number of ether oxygens (including phenoxy) is 2. The van der Waals surface area contributed by atoms with E-state index in [0.29, 0.717) is 11.3 Å². The zero-order valence-electron chi connectivity index (χ0n) is 17.3. The van der Waals surface area contributed by atoms with Gasteiger partial charge < -0.3 is 14.7 Å². The van der Waals surface area contributed by atoms with Crippen molar-refractivity contribution in [2.75, 3.05) is 12.4 Å². The van der Waals surface area contributed by atoms with E-state index in [1.165, 1.54) is 23.6 Å². The Hall–Kier alpha value is -3.14. The van der Waals surface area contributed by atoms with Crippen LogP contribution < -0.4 is 5.48 Å². The summed E-state index contributed by atoms with van der Waals surface area (Å²) in [4.78, 5) is 38.7. The number of rotatable bonds is 7. The molecule has 0 bridgehead atoms. The van der Waals surface area contributed by atoms with Gasteiger partial charge in [0, 0.05) is 18.2 Å². The second kappa shape index (κ2) is 9.56. The molecule has 2 N–H and O–H groups in total. The van der Waals surface area contributed by atoms with Crippen LogP contribution in [0.1, 0.15) is 24.2 Å². The lowest BCUT2D eigenvalue weighted by atomic mass is 10.0. The molecule has 0 radical (unpaired) electrons. The van der Waals surface area contributed by atoms with Crippen LogP contribution in [0.5, 0.6) is 0 Å². The number of esters is 2. The van der Waals surface area contributed by atoms with Crippen LogP contribution in [0.25, 0.3) is 0 Å². The lowest BCUT2D eigenvalue weighted by molar-refractivity contribution is -0.157. The van der Waals surface area contributed by atoms with Crippen LogP contribution in [0.2, 0.25) is 0 Å². The van der Waals surface area contributed by atoms with Gasteiger partial charge in [-0.25, -0.2) is 4.79 Å². The Morgan fingerprint density at radius 1 is 1.12 bits per heavy atom. The number of carbonyl (C=O) groups is 3. The molecule has 2 aliphatic rings. The third kappa shape index (κ3) is 4.27. The van der Waals surface area contributed by atoms with Gasteiger partial charge in [0.2, 0.25) is 0 Å². The highest BCUT2D eigenvalue weighted by Crippen LogP contribution is 2.41. The summed E-state index contributed by atoms with van der Waals surface area (Å²) in [7, 11) is 0. The first-order chi connectivity index (χ1) is 15.5. The van der Waals surface area contributed by atoms with Crippen LogP contribution >= 0.6 is 11.8 Å². The molecule has 0 aliphatic carbocycles. The van der Waals surface area contributed by atoms with Gasteiger partial charge in [0.1, 0.15) is 23.7 Å². The molecule has 1 saturated heterocycles. The van der Waals surface area contributed by atoms with Gasteiger partial charge in [0.15, 0.2) is 6.10 Å². The SMILES string of the molecule is CC(=O)OCC1=C(C(=O)OC(c2ccccc2)c2ccccc2)N2C(=O)[C@@H](NO)[C@@H]2SC1. The number of nitrogens with zero attached hydrogens (tertiary/aromatic N) is 1. The van der Waals surface area contributed by atoms with Crippen molar-refractivity contribution in [3.05, 3.63) is 83.1 Å². The number of amides is 1. The van der Waals surface area contributed by atoms with E-state index < -0.39 is 35.4 Å². The number of carbonyl (C=O) groups excluding carboxylic acids is 3. The van der Waals surface area contributed by atoms with Crippen molar-refractivity contribution in [1.29, 1.82) is 0 Å². The van der Waals surface area contributed by atoms with Gasteiger partial charge in [-0.3, -0.25) is 14.5 Å². The number of nitrogens with one attached hydrogen (secondary N) is 1. The van der Waals surface area contributed by atoms with Gasteiger partial charge in [0.25, 0.3) is 5.91 Å². The third-order valence-electron chi connectivity index (χ3n) is 5.26. The van der Waals surface area contributed by atoms with E-state index in [0.717, 1.165) is 11.1 Å². The fourth-order valence-corrected chi connectivity index (χ4v) is 5.02. The molecular formula is C23H22N2O6S. The second-order valence-corrected chi connectivity index (χ2v) is 8.46. The minimum Gasteiger partial charge on any atom is -0.461 e. The van der Waals surface area contributed by atoms with Crippen LogP contribution in [-0.2, 0) is 23.9 Å². The van der Waals surface area contributed by atoms with Gasteiger partial charge in [-0.1, -0.05) is 60.7 Å². The highest BCUT2D eigenvalue weighted by molar-refractivity contribution is 8.00.